The maximum Gasteiger partial charge on any atom is 0.303 e. The molecule has 214 valence electrons. The number of aliphatic hydroxyl groups is 2. The summed E-state index contributed by atoms with van der Waals surface area (Å²) in [7, 11) is 1.53. The number of phenolic OH excluding ortho intramolecular Hbond substituents is 1. The number of benzene rings is 1. The molecule has 1 heterocycles. The van der Waals surface area contributed by atoms with Gasteiger partial charge >= 0.3 is 5.97 Å². The van der Waals surface area contributed by atoms with Crippen molar-refractivity contribution in [2.24, 2.45) is 17.8 Å². The van der Waals surface area contributed by atoms with E-state index in [2.05, 4.69) is 0 Å². The molecule has 1 saturated heterocycles. The summed E-state index contributed by atoms with van der Waals surface area (Å²) in [4.78, 5) is 38.6. The van der Waals surface area contributed by atoms with E-state index in [4.69, 9.17) is 9.84 Å². The SMILES string of the molecule is CC/C(=C\c1ccccc1O)CC[C@@H](O)C1=C(COC)C[C@H]2C(=O)N(CCCCCC(=O)O)C(=O)[C@H]2[C@H]1CO. The van der Waals surface area contributed by atoms with Crippen LogP contribution in [0, 0.1) is 17.8 Å². The highest BCUT2D eigenvalue weighted by Crippen LogP contribution is 2.46. The number of amides is 2. The number of para-hydroxylation sites is 1. The highest BCUT2D eigenvalue weighted by Gasteiger charge is 2.54. The largest absolute Gasteiger partial charge is 0.507 e. The monoisotopic (exact) mass is 543 g/mol. The molecular weight excluding hydrogens is 502 g/mol. The van der Waals surface area contributed by atoms with Crippen molar-refractivity contribution in [2.45, 2.75) is 64.4 Å². The first kappa shape index (κ1) is 30.5. The standard InChI is InChI=1S/C30H41NO8/c1-3-19(15-20-9-6-7-10-24(20)33)12-13-25(34)27-21(18-39-2)16-22-28(23(27)17-32)30(38)31(29(22)37)14-8-4-5-11-26(35)36/h6-7,9-10,15,22-23,25,28,32-34H,3-5,8,11-14,16-18H2,1-2H3,(H,35,36)/b19-15+/t22-,23+,25-,28-/m1/s1. The molecule has 2 amide bonds. The summed E-state index contributed by atoms with van der Waals surface area (Å²) in [6, 6.07) is 7.05. The van der Waals surface area contributed by atoms with Gasteiger partial charge in [-0.2, -0.15) is 0 Å². The first-order valence-corrected chi connectivity index (χ1v) is 13.8. The number of imide groups is 1. The van der Waals surface area contributed by atoms with E-state index in [1.165, 1.54) is 12.0 Å². The van der Waals surface area contributed by atoms with Gasteiger partial charge in [0, 0.05) is 31.6 Å². The quantitative estimate of drug-likeness (QED) is 0.149. The Morgan fingerprint density at radius 3 is 2.54 bits per heavy atom. The molecular formula is C30H41NO8. The molecule has 1 aromatic rings. The number of phenols is 1. The Kier molecular flexibility index (Phi) is 11.3. The van der Waals surface area contributed by atoms with Crippen LogP contribution in [0.3, 0.4) is 0 Å². The summed E-state index contributed by atoms with van der Waals surface area (Å²) in [5, 5.41) is 40.7. The molecule has 1 aromatic carbocycles. The number of carbonyl (C=O) groups is 3. The Morgan fingerprint density at radius 2 is 1.90 bits per heavy atom. The molecule has 4 N–H and O–H groups in total. The Labute approximate surface area is 229 Å². The number of carboxylic acids is 1. The van der Waals surface area contributed by atoms with Gasteiger partial charge in [-0.3, -0.25) is 19.3 Å². The van der Waals surface area contributed by atoms with Gasteiger partial charge in [0.15, 0.2) is 0 Å². The summed E-state index contributed by atoms with van der Waals surface area (Å²) in [6.07, 6.45) is 4.55. The van der Waals surface area contributed by atoms with Crippen molar-refractivity contribution in [2.75, 3.05) is 26.9 Å². The Morgan fingerprint density at radius 1 is 1.15 bits per heavy atom. The van der Waals surface area contributed by atoms with Gasteiger partial charge in [0.1, 0.15) is 5.75 Å². The van der Waals surface area contributed by atoms with Crippen molar-refractivity contribution in [3.63, 3.8) is 0 Å². The zero-order valence-corrected chi connectivity index (χ0v) is 22.8. The Hall–Kier alpha value is -3.01. The molecule has 9 heteroatoms. The predicted octanol–water partition coefficient (Wildman–Crippen LogP) is 3.53. The van der Waals surface area contributed by atoms with Gasteiger partial charge < -0.3 is 25.2 Å². The molecule has 0 spiro atoms. The van der Waals surface area contributed by atoms with E-state index >= 15 is 0 Å². The van der Waals surface area contributed by atoms with E-state index in [1.807, 2.05) is 25.1 Å². The van der Waals surface area contributed by atoms with Crippen LogP contribution in [0.5, 0.6) is 5.75 Å². The number of ether oxygens (including phenoxy) is 1. The van der Waals surface area contributed by atoms with Gasteiger partial charge in [-0.1, -0.05) is 43.2 Å². The Balaban J connectivity index is 1.76. The summed E-state index contributed by atoms with van der Waals surface area (Å²) in [5.74, 6) is -3.34. The molecule has 0 saturated carbocycles. The average molecular weight is 544 g/mol. The van der Waals surface area contributed by atoms with Crippen LogP contribution >= 0.6 is 0 Å². The lowest BCUT2D eigenvalue weighted by molar-refractivity contribution is -0.141. The second-order valence-corrected chi connectivity index (χ2v) is 10.4. The summed E-state index contributed by atoms with van der Waals surface area (Å²) in [5.41, 5.74) is 3.08. The third kappa shape index (κ3) is 7.35. The Bertz CT molecular complexity index is 1090. The molecule has 1 aliphatic carbocycles. The number of unbranched alkanes of at least 4 members (excludes halogenated alkanes) is 2. The van der Waals surface area contributed by atoms with E-state index in [0.717, 1.165) is 17.6 Å². The minimum atomic E-state index is -0.930. The van der Waals surface area contributed by atoms with Gasteiger partial charge in [0.05, 0.1) is 31.2 Å². The number of aliphatic carboxylic acids is 1. The molecule has 3 rings (SSSR count). The molecule has 39 heavy (non-hydrogen) atoms. The third-order valence-electron chi connectivity index (χ3n) is 7.91. The smallest absolute Gasteiger partial charge is 0.303 e. The molecule has 9 nitrogen and oxygen atoms in total. The minimum absolute atomic E-state index is 0.0483. The molecule has 0 radical (unpaired) electrons. The van der Waals surface area contributed by atoms with Gasteiger partial charge in [0.2, 0.25) is 11.8 Å². The summed E-state index contributed by atoms with van der Waals surface area (Å²) >= 11 is 0. The highest BCUT2D eigenvalue weighted by molar-refractivity contribution is 6.05. The maximum absolute atomic E-state index is 13.4. The van der Waals surface area contributed by atoms with Crippen molar-refractivity contribution in [1.29, 1.82) is 0 Å². The number of methoxy groups -OCH3 is 1. The number of aliphatic hydroxyl groups excluding tert-OH is 2. The van der Waals surface area contributed by atoms with Crippen molar-refractivity contribution in [3.05, 3.63) is 46.5 Å². The van der Waals surface area contributed by atoms with Crippen LogP contribution < -0.4 is 0 Å². The average Bonchev–Trinajstić information content (AvgIpc) is 3.15. The van der Waals surface area contributed by atoms with Crippen LogP contribution in [0.2, 0.25) is 0 Å². The molecule has 0 bridgehead atoms. The highest BCUT2D eigenvalue weighted by atomic mass is 16.5. The molecule has 4 atom stereocenters. The fraction of sp³-hybridized carbons (Fsp3) is 0.567. The van der Waals surface area contributed by atoms with Crippen LogP contribution in [-0.2, 0) is 19.1 Å². The number of hydrogen-bond acceptors (Lipinski definition) is 7. The lowest BCUT2D eigenvalue weighted by Crippen LogP contribution is -2.39. The van der Waals surface area contributed by atoms with Gasteiger partial charge in [-0.05, 0) is 55.7 Å². The molecule has 1 fully saturated rings. The van der Waals surface area contributed by atoms with Crippen molar-refractivity contribution in [1.82, 2.24) is 4.90 Å². The number of nitrogens with zero attached hydrogens (tertiary/aromatic N) is 1. The number of carboxylic acid groups (broad SMARTS) is 1. The number of aromatic hydroxyl groups is 1. The number of rotatable bonds is 15. The topological polar surface area (TPSA) is 145 Å². The van der Waals surface area contributed by atoms with Crippen molar-refractivity contribution in [3.8, 4) is 5.75 Å². The zero-order chi connectivity index (χ0) is 28.5. The molecule has 2 aliphatic rings. The number of fused-ring (bicyclic) bond motifs is 1. The molecule has 0 aromatic heterocycles. The van der Waals surface area contributed by atoms with Gasteiger partial charge in [-0.25, -0.2) is 0 Å². The van der Waals surface area contributed by atoms with Crippen LogP contribution in [-0.4, -0.2) is 76.1 Å². The van der Waals surface area contributed by atoms with E-state index in [-0.39, 0.29) is 50.2 Å². The first-order chi connectivity index (χ1) is 18.7. The fourth-order valence-electron chi connectivity index (χ4n) is 5.93. The van der Waals surface area contributed by atoms with Crippen LogP contribution in [0.15, 0.2) is 41.0 Å². The third-order valence-corrected chi connectivity index (χ3v) is 7.91. The van der Waals surface area contributed by atoms with E-state index in [0.29, 0.717) is 43.2 Å². The second kappa shape index (κ2) is 14.4. The number of hydrogen-bond donors (Lipinski definition) is 4. The van der Waals surface area contributed by atoms with E-state index in [1.54, 1.807) is 12.1 Å². The molecule has 1 aliphatic heterocycles. The second-order valence-electron chi connectivity index (χ2n) is 10.4. The lowest BCUT2D eigenvalue weighted by atomic mass is 9.68. The first-order valence-electron chi connectivity index (χ1n) is 13.8. The summed E-state index contributed by atoms with van der Waals surface area (Å²) < 4.78 is 5.39. The van der Waals surface area contributed by atoms with Gasteiger partial charge in [0.25, 0.3) is 0 Å². The minimum Gasteiger partial charge on any atom is -0.507 e. The van der Waals surface area contributed by atoms with Gasteiger partial charge in [-0.15, -0.1) is 0 Å². The predicted molar refractivity (Wildman–Crippen MR) is 146 cm³/mol. The van der Waals surface area contributed by atoms with Crippen LogP contribution in [0.4, 0.5) is 0 Å². The number of carbonyl (C=O) groups excluding carboxylic acids is 2. The maximum atomic E-state index is 13.4. The van der Waals surface area contributed by atoms with Crippen LogP contribution in [0.1, 0.15) is 63.9 Å². The van der Waals surface area contributed by atoms with E-state index < -0.39 is 29.8 Å². The lowest BCUT2D eigenvalue weighted by Gasteiger charge is -2.36. The zero-order valence-electron chi connectivity index (χ0n) is 22.8. The number of allylic oxidation sites excluding steroid dienone is 1. The fourth-order valence-corrected chi connectivity index (χ4v) is 5.93. The number of likely N-dealkylation sites (tertiary alicyclic amines) is 1. The summed E-state index contributed by atoms with van der Waals surface area (Å²) in [6.45, 7) is 2.04. The normalized spacial score (nSPS) is 22.4. The van der Waals surface area contributed by atoms with Crippen LogP contribution in [0.25, 0.3) is 6.08 Å². The van der Waals surface area contributed by atoms with E-state index in [9.17, 15) is 29.7 Å². The van der Waals surface area contributed by atoms with Crippen molar-refractivity contribution >= 4 is 23.9 Å². The van der Waals surface area contributed by atoms with Crippen molar-refractivity contribution < 1.29 is 39.5 Å². The molecule has 0 unspecified atom stereocenters.